The number of rotatable bonds is 5. The van der Waals surface area contributed by atoms with E-state index in [1.54, 1.807) is 0 Å². The van der Waals surface area contributed by atoms with Crippen molar-refractivity contribution in [1.29, 1.82) is 0 Å². The molecule has 1 aliphatic rings. The average molecular weight is 292 g/mol. The molecule has 1 aliphatic carbocycles. The highest BCUT2D eigenvalue weighted by molar-refractivity contribution is 7.89. The van der Waals surface area contributed by atoms with Gasteiger partial charge in [0.2, 0.25) is 10.0 Å². The van der Waals surface area contributed by atoms with Crippen LogP contribution >= 0.6 is 0 Å². The third-order valence-corrected chi connectivity index (χ3v) is 5.53. The predicted octanol–water partition coefficient (Wildman–Crippen LogP) is 0.231. The fourth-order valence-electron chi connectivity index (χ4n) is 3.04. The average Bonchev–Trinajstić information content (AvgIpc) is 2.32. The molecule has 19 heavy (non-hydrogen) atoms. The molecule has 0 aromatic rings. The molecule has 3 N–H and O–H groups in total. The lowest BCUT2D eigenvalue weighted by Gasteiger charge is -2.62. The summed E-state index contributed by atoms with van der Waals surface area (Å²) in [6.45, 7) is 7.76. The second kappa shape index (κ2) is 5.03. The second-order valence-electron chi connectivity index (χ2n) is 6.32. The second-order valence-corrected chi connectivity index (χ2v) is 8.19. The van der Waals surface area contributed by atoms with E-state index in [-0.39, 0.29) is 35.1 Å². The molecular weight excluding hydrogens is 268 g/mol. The minimum Gasteiger partial charge on any atom is -0.469 e. The maximum atomic E-state index is 12.0. The Balaban J connectivity index is 2.71. The smallest absolute Gasteiger partial charge is 0.306 e. The van der Waals surface area contributed by atoms with Crippen molar-refractivity contribution >= 4 is 16.0 Å². The summed E-state index contributed by atoms with van der Waals surface area (Å²) in [7, 11) is -2.28. The summed E-state index contributed by atoms with van der Waals surface area (Å²) in [5.74, 6) is -0.799. The summed E-state index contributed by atoms with van der Waals surface area (Å²) in [4.78, 5) is 11.0. The van der Waals surface area contributed by atoms with Gasteiger partial charge in [0, 0.05) is 12.1 Å². The summed E-state index contributed by atoms with van der Waals surface area (Å²) in [5.41, 5.74) is 5.47. The van der Waals surface area contributed by atoms with E-state index in [1.165, 1.54) is 7.11 Å². The number of sulfonamides is 1. The Morgan fingerprint density at radius 3 is 2.16 bits per heavy atom. The first kappa shape index (κ1) is 16.4. The van der Waals surface area contributed by atoms with Crippen LogP contribution in [0.1, 0.15) is 34.1 Å². The Hall–Kier alpha value is -0.660. The zero-order chi connectivity index (χ0) is 15.1. The molecule has 1 rings (SSSR count). The van der Waals surface area contributed by atoms with E-state index < -0.39 is 16.0 Å². The van der Waals surface area contributed by atoms with E-state index >= 15 is 0 Å². The van der Waals surface area contributed by atoms with Crippen LogP contribution in [0.4, 0.5) is 0 Å². The quantitative estimate of drug-likeness (QED) is 0.707. The Labute approximate surface area is 115 Å². The van der Waals surface area contributed by atoms with Gasteiger partial charge in [-0.2, -0.15) is 0 Å². The third-order valence-electron chi connectivity index (χ3n) is 4.19. The number of nitrogens with two attached hydrogens (primary N) is 1. The van der Waals surface area contributed by atoms with Crippen molar-refractivity contribution in [3.05, 3.63) is 0 Å². The van der Waals surface area contributed by atoms with Gasteiger partial charge in [0.15, 0.2) is 0 Å². The molecule has 0 radical (unpaired) electrons. The number of ether oxygens (including phenoxy) is 1. The van der Waals surface area contributed by atoms with Gasteiger partial charge in [-0.25, -0.2) is 13.1 Å². The first-order valence-electron chi connectivity index (χ1n) is 6.27. The lowest BCUT2D eigenvalue weighted by Crippen LogP contribution is -2.76. The summed E-state index contributed by atoms with van der Waals surface area (Å²) in [5, 5.41) is 0. The van der Waals surface area contributed by atoms with Crippen LogP contribution in [0.2, 0.25) is 0 Å². The maximum absolute atomic E-state index is 12.0. The van der Waals surface area contributed by atoms with Crippen molar-refractivity contribution in [2.45, 2.75) is 46.2 Å². The van der Waals surface area contributed by atoms with Gasteiger partial charge in [0.05, 0.1) is 19.3 Å². The predicted molar refractivity (Wildman–Crippen MR) is 72.9 cm³/mol. The number of esters is 1. The largest absolute Gasteiger partial charge is 0.469 e. The molecule has 1 saturated carbocycles. The summed E-state index contributed by atoms with van der Waals surface area (Å²) >= 11 is 0. The molecule has 0 atom stereocenters. The Kier molecular flexibility index (Phi) is 4.34. The zero-order valence-electron chi connectivity index (χ0n) is 12.2. The summed E-state index contributed by atoms with van der Waals surface area (Å²) in [6, 6.07) is -0.314. The van der Waals surface area contributed by atoms with Gasteiger partial charge < -0.3 is 10.5 Å². The molecule has 7 heteroatoms. The van der Waals surface area contributed by atoms with Gasteiger partial charge in [-0.05, 0) is 10.8 Å². The van der Waals surface area contributed by atoms with Crippen LogP contribution in [0.3, 0.4) is 0 Å². The van der Waals surface area contributed by atoms with Gasteiger partial charge in [0.25, 0.3) is 0 Å². The van der Waals surface area contributed by atoms with E-state index in [0.717, 1.165) is 0 Å². The molecule has 1 fully saturated rings. The van der Waals surface area contributed by atoms with Gasteiger partial charge >= 0.3 is 5.97 Å². The van der Waals surface area contributed by atoms with Crippen LogP contribution in [0.15, 0.2) is 0 Å². The topological polar surface area (TPSA) is 98.5 Å². The van der Waals surface area contributed by atoms with Gasteiger partial charge in [-0.15, -0.1) is 0 Å². The fourth-order valence-corrected chi connectivity index (χ4v) is 4.56. The summed E-state index contributed by atoms with van der Waals surface area (Å²) < 4.78 is 31.1. The van der Waals surface area contributed by atoms with Crippen LogP contribution in [0.25, 0.3) is 0 Å². The van der Waals surface area contributed by atoms with Gasteiger partial charge in [-0.1, -0.05) is 27.7 Å². The fraction of sp³-hybridized carbons (Fsp3) is 0.917. The number of hydrogen-bond acceptors (Lipinski definition) is 5. The molecule has 0 heterocycles. The molecule has 0 spiro atoms. The monoisotopic (exact) mass is 292 g/mol. The number of methoxy groups -OCH3 is 1. The molecule has 0 aromatic heterocycles. The molecule has 0 bridgehead atoms. The van der Waals surface area contributed by atoms with Crippen molar-refractivity contribution in [3.63, 3.8) is 0 Å². The molecule has 0 amide bonds. The van der Waals surface area contributed by atoms with Gasteiger partial charge in [0.1, 0.15) is 0 Å². The van der Waals surface area contributed by atoms with Crippen molar-refractivity contribution in [2.75, 3.05) is 12.9 Å². The zero-order valence-corrected chi connectivity index (χ0v) is 13.0. The SMILES string of the molecule is COC(=O)CCS(=O)(=O)NC1C(C)(C)C(N)C1(C)C. The number of hydrogen-bond donors (Lipinski definition) is 2. The van der Waals surface area contributed by atoms with E-state index in [9.17, 15) is 13.2 Å². The third kappa shape index (κ3) is 3.09. The number of nitrogens with one attached hydrogen (secondary N) is 1. The normalized spacial score (nSPS) is 28.5. The van der Waals surface area contributed by atoms with Crippen molar-refractivity contribution in [1.82, 2.24) is 4.72 Å². The van der Waals surface area contributed by atoms with Gasteiger partial charge in [-0.3, -0.25) is 4.79 Å². The number of carbonyl (C=O) groups excluding carboxylic acids is 1. The van der Waals surface area contributed by atoms with Crippen molar-refractivity contribution < 1.29 is 17.9 Å². The van der Waals surface area contributed by atoms with E-state index in [4.69, 9.17) is 5.73 Å². The van der Waals surface area contributed by atoms with E-state index in [1.807, 2.05) is 27.7 Å². The lowest BCUT2D eigenvalue weighted by atomic mass is 9.49. The molecule has 0 aliphatic heterocycles. The molecule has 0 saturated heterocycles. The van der Waals surface area contributed by atoms with Crippen LogP contribution in [-0.2, 0) is 19.6 Å². The number of carbonyl (C=O) groups is 1. The van der Waals surface area contributed by atoms with E-state index in [2.05, 4.69) is 9.46 Å². The highest BCUT2D eigenvalue weighted by Gasteiger charge is 2.60. The molecular formula is C12H24N2O4S. The van der Waals surface area contributed by atoms with Crippen LogP contribution in [0.5, 0.6) is 0 Å². The minimum atomic E-state index is -3.52. The van der Waals surface area contributed by atoms with Crippen molar-refractivity contribution in [2.24, 2.45) is 16.6 Å². The standard InChI is InChI=1S/C12H24N2O4S/c1-11(2)9(13)12(3,4)10(11)14-19(16,17)7-6-8(15)18-5/h9-10,14H,6-7,13H2,1-5H3. The van der Waals surface area contributed by atoms with Crippen LogP contribution in [-0.4, -0.2) is 39.3 Å². The Morgan fingerprint density at radius 1 is 1.26 bits per heavy atom. The first-order chi connectivity index (χ1) is 8.45. The molecule has 6 nitrogen and oxygen atoms in total. The van der Waals surface area contributed by atoms with Crippen molar-refractivity contribution in [3.8, 4) is 0 Å². The molecule has 0 unspecified atom stereocenters. The highest BCUT2D eigenvalue weighted by Crippen LogP contribution is 2.52. The maximum Gasteiger partial charge on any atom is 0.306 e. The Bertz CT molecular complexity index is 440. The molecule has 0 aromatic carbocycles. The van der Waals surface area contributed by atoms with E-state index in [0.29, 0.717) is 0 Å². The minimum absolute atomic E-state index is 0.0756. The molecule has 112 valence electrons. The highest BCUT2D eigenvalue weighted by atomic mass is 32.2. The Morgan fingerprint density at radius 2 is 1.74 bits per heavy atom. The van der Waals surface area contributed by atoms with Crippen LogP contribution < -0.4 is 10.5 Å². The summed E-state index contributed by atoms with van der Waals surface area (Å²) in [6.07, 6.45) is -0.147. The van der Waals surface area contributed by atoms with Crippen LogP contribution in [0, 0.1) is 10.8 Å². The lowest BCUT2D eigenvalue weighted by molar-refractivity contribution is -0.140. The first-order valence-corrected chi connectivity index (χ1v) is 7.93.